The van der Waals surface area contributed by atoms with E-state index in [1.165, 1.54) is 12.1 Å². The molecule has 0 unspecified atom stereocenters. The normalized spacial score (nSPS) is 11.4. The number of benzene rings is 3. The van der Waals surface area contributed by atoms with Crippen LogP contribution in [0.4, 0.5) is 18.9 Å². The van der Waals surface area contributed by atoms with Crippen molar-refractivity contribution in [3.63, 3.8) is 0 Å². The zero-order chi connectivity index (χ0) is 25.3. The maximum absolute atomic E-state index is 14.7. The summed E-state index contributed by atoms with van der Waals surface area (Å²) in [6.45, 7) is 4.13. The number of Topliss-reactive ketones (excluding diaryl/α,β-unsaturated/α-hetero) is 1. The number of fused-ring (bicyclic) bond motifs is 1. The summed E-state index contributed by atoms with van der Waals surface area (Å²) in [5.41, 5.74) is 2.03. The van der Waals surface area contributed by atoms with Gasteiger partial charge in [0.15, 0.2) is 17.4 Å². The first kappa shape index (κ1) is 24.2. The van der Waals surface area contributed by atoms with E-state index in [0.29, 0.717) is 34.3 Å². The summed E-state index contributed by atoms with van der Waals surface area (Å²) in [5.74, 6) is -3.45. The maximum Gasteiger partial charge on any atom is 0.306 e. The molecule has 4 rings (SSSR count). The first-order valence-corrected chi connectivity index (χ1v) is 11.2. The van der Waals surface area contributed by atoms with Crippen molar-refractivity contribution < 1.29 is 22.9 Å². The van der Waals surface area contributed by atoms with Crippen molar-refractivity contribution in [2.75, 3.05) is 0 Å². The summed E-state index contributed by atoms with van der Waals surface area (Å²) < 4.78 is 43.4. The fourth-order valence-electron chi connectivity index (χ4n) is 4.42. The highest BCUT2D eigenvalue weighted by Crippen LogP contribution is 2.36. The van der Waals surface area contributed by atoms with Crippen LogP contribution in [0.15, 0.2) is 60.7 Å². The molecule has 1 aromatic heterocycles. The van der Waals surface area contributed by atoms with Gasteiger partial charge in [0, 0.05) is 35.7 Å². The molecule has 180 valence electrons. The van der Waals surface area contributed by atoms with Gasteiger partial charge in [-0.2, -0.15) is 4.39 Å². The van der Waals surface area contributed by atoms with Crippen LogP contribution in [0.3, 0.4) is 0 Å². The number of nitro benzene ring substituents is 1. The van der Waals surface area contributed by atoms with E-state index in [0.717, 1.165) is 23.8 Å². The number of hydrogen-bond acceptors (Lipinski definition) is 3. The molecular formula is C27H23F3N2O3. The van der Waals surface area contributed by atoms with Gasteiger partial charge in [-0.05, 0) is 41.7 Å². The second kappa shape index (κ2) is 9.74. The van der Waals surface area contributed by atoms with Crippen LogP contribution < -0.4 is 0 Å². The van der Waals surface area contributed by atoms with Gasteiger partial charge in [0.25, 0.3) is 0 Å². The van der Waals surface area contributed by atoms with Crippen LogP contribution in [0.2, 0.25) is 0 Å². The van der Waals surface area contributed by atoms with Crippen molar-refractivity contribution in [3.05, 3.63) is 111 Å². The van der Waals surface area contributed by atoms with Crippen molar-refractivity contribution in [2.45, 2.75) is 39.2 Å². The van der Waals surface area contributed by atoms with E-state index < -0.39 is 28.1 Å². The number of nitro groups is 1. The minimum atomic E-state index is -1.02. The average molecular weight is 480 g/mol. The highest BCUT2D eigenvalue weighted by Gasteiger charge is 2.28. The predicted molar refractivity (Wildman–Crippen MR) is 127 cm³/mol. The first-order chi connectivity index (χ1) is 16.7. The molecule has 0 aliphatic carbocycles. The van der Waals surface area contributed by atoms with E-state index in [9.17, 15) is 28.1 Å². The monoisotopic (exact) mass is 480 g/mol. The molecule has 0 N–H and O–H groups in total. The Balaban J connectivity index is 1.85. The van der Waals surface area contributed by atoms with E-state index in [-0.39, 0.29) is 24.5 Å². The molecule has 0 amide bonds. The van der Waals surface area contributed by atoms with Crippen LogP contribution in [-0.2, 0) is 13.0 Å². The first-order valence-electron chi connectivity index (χ1n) is 11.2. The van der Waals surface area contributed by atoms with Gasteiger partial charge in [0.2, 0.25) is 5.82 Å². The topological polar surface area (TPSA) is 65.1 Å². The van der Waals surface area contributed by atoms with Gasteiger partial charge in [-0.25, -0.2) is 8.78 Å². The summed E-state index contributed by atoms with van der Waals surface area (Å²) in [6.07, 6.45) is 0.141. The molecule has 35 heavy (non-hydrogen) atoms. The zero-order valence-electron chi connectivity index (χ0n) is 19.2. The molecule has 0 radical (unpaired) electrons. The van der Waals surface area contributed by atoms with Gasteiger partial charge < -0.3 is 4.57 Å². The number of aromatic nitrogens is 1. The van der Waals surface area contributed by atoms with Crippen molar-refractivity contribution >= 4 is 22.4 Å². The number of carbonyl (C=O) groups is 1. The Labute approximate surface area is 200 Å². The molecular weight excluding hydrogens is 457 g/mol. The largest absolute Gasteiger partial charge is 0.339 e. The van der Waals surface area contributed by atoms with Crippen LogP contribution in [-0.4, -0.2) is 15.3 Å². The lowest BCUT2D eigenvalue weighted by atomic mass is 9.96. The summed E-state index contributed by atoms with van der Waals surface area (Å²) in [4.78, 5) is 24.1. The predicted octanol–water partition coefficient (Wildman–Crippen LogP) is 6.95. The van der Waals surface area contributed by atoms with Crippen LogP contribution in [0.25, 0.3) is 10.9 Å². The quantitative estimate of drug-likeness (QED) is 0.156. The molecule has 8 heteroatoms. The van der Waals surface area contributed by atoms with Crippen molar-refractivity contribution in [1.29, 1.82) is 0 Å². The average Bonchev–Trinajstić information content (AvgIpc) is 3.12. The molecule has 0 spiro atoms. The fraction of sp³-hybridized carbons (Fsp3) is 0.222. The van der Waals surface area contributed by atoms with Crippen LogP contribution in [0, 0.1) is 27.6 Å². The molecule has 4 aromatic rings. The number of ketones is 1. The Kier molecular flexibility index (Phi) is 6.73. The standard InChI is InChI=1S/C27H23F3N2O3/c1-16(2)27-26(25(33)11-9-17-8-10-20(28)21(29)12-17)19-13-22(30)24(32(34)35)14-23(19)31(27)15-18-6-4-3-5-7-18/h3-8,10,12-14,16H,9,11,15H2,1-2H3. The Morgan fingerprint density at radius 3 is 2.29 bits per heavy atom. The SMILES string of the molecule is CC(C)c1c(C(=O)CCc2ccc(F)c(F)c2)c2cc(F)c([N+](=O)[O-])cc2n1Cc1ccccc1. The Morgan fingerprint density at radius 2 is 1.66 bits per heavy atom. The molecule has 0 saturated heterocycles. The lowest BCUT2D eigenvalue weighted by molar-refractivity contribution is -0.387. The molecule has 1 heterocycles. The van der Waals surface area contributed by atoms with Crippen molar-refractivity contribution in [1.82, 2.24) is 4.57 Å². The Hall–Kier alpha value is -3.94. The zero-order valence-corrected chi connectivity index (χ0v) is 19.2. The van der Waals surface area contributed by atoms with E-state index in [2.05, 4.69) is 0 Å². The molecule has 0 bridgehead atoms. The summed E-state index contributed by atoms with van der Waals surface area (Å²) in [5, 5.41) is 11.7. The van der Waals surface area contributed by atoms with Crippen molar-refractivity contribution in [3.8, 4) is 0 Å². The van der Waals surface area contributed by atoms with Gasteiger partial charge in [0.05, 0.1) is 10.4 Å². The smallest absolute Gasteiger partial charge is 0.306 e. The number of hydrogen-bond donors (Lipinski definition) is 0. The maximum atomic E-state index is 14.7. The van der Waals surface area contributed by atoms with E-state index >= 15 is 0 Å². The lowest BCUT2D eigenvalue weighted by Crippen LogP contribution is -2.11. The van der Waals surface area contributed by atoms with Crippen LogP contribution >= 0.6 is 0 Å². The Morgan fingerprint density at radius 1 is 0.943 bits per heavy atom. The summed E-state index contributed by atoms with van der Waals surface area (Å²) in [7, 11) is 0. The highest BCUT2D eigenvalue weighted by molar-refractivity contribution is 6.10. The van der Waals surface area contributed by atoms with E-state index in [1.807, 2.05) is 48.7 Å². The number of nitrogens with zero attached hydrogens (tertiary/aromatic N) is 2. The molecule has 0 saturated carbocycles. The van der Waals surface area contributed by atoms with Gasteiger partial charge in [-0.15, -0.1) is 0 Å². The molecule has 3 aromatic carbocycles. The highest BCUT2D eigenvalue weighted by atomic mass is 19.2. The van der Waals surface area contributed by atoms with E-state index in [1.54, 1.807) is 0 Å². The third-order valence-electron chi connectivity index (χ3n) is 6.00. The molecule has 5 nitrogen and oxygen atoms in total. The fourth-order valence-corrected chi connectivity index (χ4v) is 4.42. The van der Waals surface area contributed by atoms with Crippen LogP contribution in [0.5, 0.6) is 0 Å². The molecule has 0 aliphatic rings. The number of halogens is 3. The number of aryl methyl sites for hydroxylation is 1. The third kappa shape index (κ3) is 4.82. The lowest BCUT2D eigenvalue weighted by Gasteiger charge is -2.15. The Bertz CT molecular complexity index is 1430. The second-order valence-electron chi connectivity index (χ2n) is 8.74. The second-order valence-corrected chi connectivity index (χ2v) is 8.74. The van der Waals surface area contributed by atoms with Gasteiger partial charge in [-0.3, -0.25) is 14.9 Å². The third-order valence-corrected chi connectivity index (χ3v) is 6.00. The minimum Gasteiger partial charge on any atom is -0.339 e. The molecule has 0 atom stereocenters. The van der Waals surface area contributed by atoms with Gasteiger partial charge in [0.1, 0.15) is 0 Å². The van der Waals surface area contributed by atoms with E-state index in [4.69, 9.17) is 0 Å². The van der Waals surface area contributed by atoms with Gasteiger partial charge in [-0.1, -0.05) is 50.2 Å². The molecule has 0 aliphatic heterocycles. The summed E-state index contributed by atoms with van der Waals surface area (Å²) in [6, 6.07) is 15.1. The number of carbonyl (C=O) groups excluding carboxylic acids is 1. The number of rotatable bonds is 8. The summed E-state index contributed by atoms with van der Waals surface area (Å²) >= 11 is 0. The minimum absolute atomic E-state index is 0.0200. The van der Waals surface area contributed by atoms with Crippen molar-refractivity contribution in [2.24, 2.45) is 0 Å². The van der Waals surface area contributed by atoms with Crippen LogP contribution in [0.1, 0.15) is 53.4 Å². The van der Waals surface area contributed by atoms with Gasteiger partial charge >= 0.3 is 5.69 Å². The molecule has 0 fully saturated rings.